The lowest BCUT2D eigenvalue weighted by Crippen LogP contribution is -2.33. The highest BCUT2D eigenvalue weighted by Gasteiger charge is 2.41. The first-order valence-corrected chi connectivity index (χ1v) is 11.7. The van der Waals surface area contributed by atoms with Gasteiger partial charge in [-0.2, -0.15) is 0 Å². The van der Waals surface area contributed by atoms with Gasteiger partial charge in [-0.25, -0.2) is 0 Å². The van der Waals surface area contributed by atoms with Crippen molar-refractivity contribution >= 4 is 40.2 Å². The standard InChI is InChI=1S/C25H25N3O2S/c1-14(2)27-12-18-22(16-8-10-17(31-4)11-9-16)24-20(13-28(15(3)29)25(24)30)26-19-6-5-7-21(27)23(18)19/h5-12,14,22,26H,13H2,1-4H3/t22-/m1/s1. The predicted molar refractivity (Wildman–Crippen MR) is 125 cm³/mol. The lowest BCUT2D eigenvalue weighted by molar-refractivity contribution is -0.139. The van der Waals surface area contributed by atoms with Crippen LogP contribution in [-0.2, 0) is 9.59 Å². The number of carbonyl (C=O) groups excluding carboxylic acids is 2. The molecule has 0 saturated heterocycles. The summed E-state index contributed by atoms with van der Waals surface area (Å²) in [5, 5.41) is 4.67. The molecule has 2 amide bonds. The minimum Gasteiger partial charge on any atom is -0.356 e. The summed E-state index contributed by atoms with van der Waals surface area (Å²) in [6.45, 7) is 6.07. The van der Waals surface area contributed by atoms with E-state index in [2.05, 4.69) is 72.6 Å². The number of hydrogen-bond acceptors (Lipinski definition) is 4. The number of hydrogen-bond donors (Lipinski definition) is 1. The molecule has 0 aliphatic carbocycles. The molecule has 5 nitrogen and oxygen atoms in total. The summed E-state index contributed by atoms with van der Waals surface area (Å²) < 4.78 is 2.27. The molecule has 5 rings (SSSR count). The van der Waals surface area contributed by atoms with Crippen LogP contribution in [0.25, 0.3) is 10.9 Å². The number of nitrogens with one attached hydrogen (secondary N) is 1. The van der Waals surface area contributed by atoms with E-state index in [9.17, 15) is 9.59 Å². The molecule has 1 atom stereocenters. The van der Waals surface area contributed by atoms with Gasteiger partial charge in [0.1, 0.15) is 0 Å². The van der Waals surface area contributed by atoms with Gasteiger partial charge in [0.2, 0.25) is 5.91 Å². The SMILES string of the molecule is CSc1ccc([C@H]2C3=C(CN(C(C)=O)C3=O)Nc3cccc4c3c2cn4C(C)C)cc1. The van der Waals surface area contributed by atoms with Crippen molar-refractivity contribution in [3.8, 4) is 0 Å². The summed E-state index contributed by atoms with van der Waals surface area (Å²) in [7, 11) is 0. The first kappa shape index (κ1) is 19.9. The summed E-state index contributed by atoms with van der Waals surface area (Å²) in [5.41, 5.74) is 5.79. The van der Waals surface area contributed by atoms with Gasteiger partial charge in [0, 0.05) is 46.7 Å². The Balaban J connectivity index is 1.80. The third-order valence-electron chi connectivity index (χ3n) is 6.28. The summed E-state index contributed by atoms with van der Waals surface area (Å²) in [5.74, 6) is -0.664. The third kappa shape index (κ3) is 3.00. The van der Waals surface area contributed by atoms with Crippen molar-refractivity contribution in [1.29, 1.82) is 0 Å². The molecule has 2 aliphatic rings. The van der Waals surface area contributed by atoms with Crippen LogP contribution in [0.4, 0.5) is 5.69 Å². The summed E-state index contributed by atoms with van der Waals surface area (Å²) in [6, 6.07) is 14.9. The average molecular weight is 432 g/mol. The van der Waals surface area contributed by atoms with Crippen molar-refractivity contribution in [2.75, 3.05) is 18.1 Å². The van der Waals surface area contributed by atoms with Gasteiger partial charge in [0.05, 0.1) is 17.6 Å². The maximum absolute atomic E-state index is 13.4. The van der Waals surface area contributed by atoms with Gasteiger partial charge in [0.25, 0.3) is 5.91 Å². The van der Waals surface area contributed by atoms with E-state index in [1.807, 2.05) is 6.07 Å². The van der Waals surface area contributed by atoms with Gasteiger partial charge in [0.15, 0.2) is 0 Å². The molecule has 0 radical (unpaired) electrons. The second-order valence-electron chi connectivity index (χ2n) is 8.42. The number of carbonyl (C=O) groups is 2. The first-order chi connectivity index (χ1) is 14.9. The Hall–Kier alpha value is -2.99. The number of nitrogens with zero attached hydrogens (tertiary/aromatic N) is 2. The van der Waals surface area contributed by atoms with E-state index in [0.29, 0.717) is 5.57 Å². The molecule has 0 bridgehead atoms. The van der Waals surface area contributed by atoms with Crippen LogP contribution in [0.3, 0.4) is 0 Å². The molecule has 0 spiro atoms. The maximum Gasteiger partial charge on any atom is 0.259 e. The number of benzene rings is 2. The van der Waals surface area contributed by atoms with E-state index in [-0.39, 0.29) is 30.3 Å². The van der Waals surface area contributed by atoms with Crippen molar-refractivity contribution in [3.05, 3.63) is 71.1 Å². The van der Waals surface area contributed by atoms with Crippen LogP contribution in [-0.4, -0.2) is 34.1 Å². The van der Waals surface area contributed by atoms with Crippen LogP contribution >= 0.6 is 11.8 Å². The Morgan fingerprint density at radius 3 is 2.55 bits per heavy atom. The molecule has 1 N–H and O–H groups in total. The third-order valence-corrected chi connectivity index (χ3v) is 7.02. The smallest absolute Gasteiger partial charge is 0.259 e. The Labute approximate surface area is 186 Å². The normalized spacial score (nSPS) is 17.9. The van der Waals surface area contributed by atoms with Gasteiger partial charge in [-0.15, -0.1) is 11.8 Å². The van der Waals surface area contributed by atoms with E-state index in [1.54, 1.807) is 11.8 Å². The van der Waals surface area contributed by atoms with Crippen LogP contribution in [0.2, 0.25) is 0 Å². The van der Waals surface area contributed by atoms with Crippen LogP contribution in [0.1, 0.15) is 43.9 Å². The second kappa shape index (κ2) is 7.31. The van der Waals surface area contributed by atoms with E-state index < -0.39 is 0 Å². The van der Waals surface area contributed by atoms with Crippen LogP contribution in [0, 0.1) is 0 Å². The summed E-state index contributed by atoms with van der Waals surface area (Å²) in [4.78, 5) is 28.2. The molecule has 0 saturated carbocycles. The molecule has 2 aromatic carbocycles. The van der Waals surface area contributed by atoms with Crippen LogP contribution in [0.15, 0.2) is 64.8 Å². The zero-order chi connectivity index (χ0) is 21.9. The Morgan fingerprint density at radius 2 is 1.90 bits per heavy atom. The average Bonchev–Trinajstić information content (AvgIpc) is 3.25. The minimum absolute atomic E-state index is 0.202. The van der Waals surface area contributed by atoms with E-state index >= 15 is 0 Å². The summed E-state index contributed by atoms with van der Waals surface area (Å²) in [6.07, 6.45) is 4.24. The highest BCUT2D eigenvalue weighted by atomic mass is 32.2. The summed E-state index contributed by atoms with van der Waals surface area (Å²) >= 11 is 1.70. The number of rotatable bonds is 3. The Kier molecular flexibility index (Phi) is 4.70. The number of aromatic nitrogens is 1. The van der Waals surface area contributed by atoms with Crippen molar-refractivity contribution < 1.29 is 9.59 Å². The largest absolute Gasteiger partial charge is 0.356 e. The highest BCUT2D eigenvalue weighted by Crippen LogP contribution is 2.47. The number of anilines is 1. The zero-order valence-corrected chi connectivity index (χ0v) is 18.9. The topological polar surface area (TPSA) is 54.3 Å². The van der Waals surface area contributed by atoms with Crippen molar-refractivity contribution in [2.24, 2.45) is 0 Å². The highest BCUT2D eigenvalue weighted by molar-refractivity contribution is 7.98. The van der Waals surface area contributed by atoms with Gasteiger partial charge < -0.3 is 9.88 Å². The number of amides is 2. The molecule has 2 aliphatic heterocycles. The van der Waals surface area contributed by atoms with E-state index in [1.165, 1.54) is 16.7 Å². The molecular weight excluding hydrogens is 406 g/mol. The van der Waals surface area contributed by atoms with Gasteiger partial charge in [-0.3, -0.25) is 14.5 Å². The van der Waals surface area contributed by atoms with E-state index in [0.717, 1.165) is 33.4 Å². The van der Waals surface area contributed by atoms with Gasteiger partial charge in [-0.1, -0.05) is 18.2 Å². The second-order valence-corrected chi connectivity index (χ2v) is 9.30. The van der Waals surface area contributed by atoms with Crippen molar-refractivity contribution in [2.45, 2.75) is 37.6 Å². The molecule has 1 aromatic heterocycles. The fourth-order valence-electron chi connectivity index (χ4n) is 4.80. The lowest BCUT2D eigenvalue weighted by Gasteiger charge is -2.19. The fraction of sp³-hybridized carbons (Fsp3) is 0.280. The Bertz CT molecular complexity index is 1250. The molecular formula is C25H25N3O2S. The quantitative estimate of drug-likeness (QED) is 0.583. The zero-order valence-electron chi connectivity index (χ0n) is 18.1. The number of imide groups is 1. The molecule has 3 heterocycles. The van der Waals surface area contributed by atoms with Crippen LogP contribution in [0.5, 0.6) is 0 Å². The Morgan fingerprint density at radius 1 is 1.16 bits per heavy atom. The monoisotopic (exact) mass is 431 g/mol. The molecule has 3 aromatic rings. The molecule has 6 heteroatoms. The first-order valence-electron chi connectivity index (χ1n) is 10.5. The molecule has 0 unspecified atom stereocenters. The van der Waals surface area contributed by atoms with Crippen molar-refractivity contribution in [1.82, 2.24) is 9.47 Å². The fourth-order valence-corrected chi connectivity index (χ4v) is 5.21. The van der Waals surface area contributed by atoms with Crippen molar-refractivity contribution in [3.63, 3.8) is 0 Å². The lowest BCUT2D eigenvalue weighted by atomic mass is 9.84. The number of thioether (sulfide) groups is 1. The molecule has 158 valence electrons. The minimum atomic E-state index is -0.235. The maximum atomic E-state index is 13.4. The van der Waals surface area contributed by atoms with E-state index in [4.69, 9.17) is 0 Å². The molecule has 0 fully saturated rings. The van der Waals surface area contributed by atoms with Gasteiger partial charge >= 0.3 is 0 Å². The van der Waals surface area contributed by atoms with Crippen LogP contribution < -0.4 is 5.32 Å². The predicted octanol–water partition coefficient (Wildman–Crippen LogP) is 5.14. The van der Waals surface area contributed by atoms with Gasteiger partial charge in [-0.05, 0) is 55.5 Å². The molecule has 31 heavy (non-hydrogen) atoms.